The first-order chi connectivity index (χ1) is 10.2. The molecule has 0 aromatic carbocycles. The Balaban J connectivity index is 1.75. The van der Waals surface area contributed by atoms with E-state index in [1.54, 1.807) is 18.3 Å². The number of Topliss-reactive ketones (excluding diaryl/α,β-unsaturated/α-hetero) is 1. The maximum absolute atomic E-state index is 12.1. The quantitative estimate of drug-likeness (QED) is 0.812. The van der Waals surface area contributed by atoms with Gasteiger partial charge in [-0.05, 0) is 30.7 Å². The Hall–Kier alpha value is -1.95. The van der Waals surface area contributed by atoms with E-state index < -0.39 is 0 Å². The minimum absolute atomic E-state index is 0.000370. The highest BCUT2D eigenvalue weighted by Gasteiger charge is 2.14. The zero-order valence-corrected chi connectivity index (χ0v) is 12.5. The van der Waals surface area contributed by atoms with E-state index in [9.17, 15) is 9.59 Å². The molecule has 0 saturated carbocycles. The minimum Gasteiger partial charge on any atom is -0.370 e. The summed E-state index contributed by atoms with van der Waals surface area (Å²) in [5.74, 6) is -0.0784. The molecule has 0 spiro atoms. The predicted molar refractivity (Wildman–Crippen MR) is 83.2 cm³/mol. The molecule has 2 aromatic heterocycles. The third-order valence-electron chi connectivity index (χ3n) is 3.67. The molecule has 1 fully saturated rings. The lowest BCUT2D eigenvalue weighted by atomic mass is 10.1. The molecule has 110 valence electrons. The van der Waals surface area contributed by atoms with E-state index in [-0.39, 0.29) is 17.9 Å². The van der Waals surface area contributed by atoms with Crippen LogP contribution in [0.25, 0.3) is 0 Å². The Bertz CT molecular complexity index is 672. The van der Waals surface area contributed by atoms with Crippen LogP contribution in [0.2, 0.25) is 0 Å². The number of anilines is 1. The van der Waals surface area contributed by atoms with Crippen molar-refractivity contribution in [3.8, 4) is 0 Å². The van der Waals surface area contributed by atoms with Gasteiger partial charge in [-0.25, -0.2) is 4.68 Å². The van der Waals surface area contributed by atoms with Gasteiger partial charge in [-0.15, -0.1) is 11.3 Å². The van der Waals surface area contributed by atoms with E-state index in [4.69, 9.17) is 0 Å². The Morgan fingerprint density at radius 3 is 2.76 bits per heavy atom. The Labute approximate surface area is 126 Å². The number of hydrogen-bond acceptors (Lipinski definition) is 5. The SMILES string of the molecule is O=C(Cn1ncc(N2CCCCC2)cc1=O)c1cccs1. The molecule has 0 bridgehead atoms. The zero-order chi connectivity index (χ0) is 14.7. The fourth-order valence-electron chi connectivity index (χ4n) is 2.52. The summed E-state index contributed by atoms with van der Waals surface area (Å²) in [5, 5.41) is 6.00. The van der Waals surface area contributed by atoms with Gasteiger partial charge >= 0.3 is 0 Å². The molecule has 1 aliphatic heterocycles. The highest BCUT2D eigenvalue weighted by Crippen LogP contribution is 2.17. The van der Waals surface area contributed by atoms with Gasteiger partial charge in [0, 0.05) is 19.2 Å². The second-order valence-electron chi connectivity index (χ2n) is 5.16. The van der Waals surface area contributed by atoms with Gasteiger partial charge in [0.25, 0.3) is 5.56 Å². The van der Waals surface area contributed by atoms with Crippen molar-refractivity contribution in [2.45, 2.75) is 25.8 Å². The van der Waals surface area contributed by atoms with Gasteiger partial charge in [-0.1, -0.05) is 6.07 Å². The first-order valence-electron chi connectivity index (χ1n) is 7.13. The Morgan fingerprint density at radius 2 is 2.10 bits per heavy atom. The standard InChI is InChI=1S/C15H17N3O2S/c19-13(14-5-4-8-21-14)11-18-15(20)9-12(10-16-18)17-6-2-1-3-7-17/h4-5,8-10H,1-3,6-7,11H2. The molecule has 0 radical (unpaired) electrons. The number of carbonyl (C=O) groups excluding carboxylic acids is 1. The largest absolute Gasteiger partial charge is 0.370 e. The molecule has 0 atom stereocenters. The van der Waals surface area contributed by atoms with Gasteiger partial charge in [-0.3, -0.25) is 9.59 Å². The summed E-state index contributed by atoms with van der Waals surface area (Å²) < 4.78 is 1.23. The number of hydrogen-bond donors (Lipinski definition) is 0. The van der Waals surface area contributed by atoms with Gasteiger partial charge in [0.05, 0.1) is 16.8 Å². The van der Waals surface area contributed by atoms with Crippen LogP contribution >= 0.6 is 11.3 Å². The summed E-state index contributed by atoms with van der Waals surface area (Å²) in [6.07, 6.45) is 5.24. The summed E-state index contributed by atoms with van der Waals surface area (Å²) in [4.78, 5) is 27.0. The van der Waals surface area contributed by atoms with Crippen molar-refractivity contribution >= 4 is 22.8 Å². The smallest absolute Gasteiger partial charge is 0.269 e. The molecule has 21 heavy (non-hydrogen) atoms. The number of aromatic nitrogens is 2. The van der Waals surface area contributed by atoms with Crippen LogP contribution in [-0.4, -0.2) is 28.7 Å². The molecule has 3 rings (SSSR count). The number of rotatable bonds is 4. The minimum atomic E-state index is -0.219. The molecular weight excluding hydrogens is 286 g/mol. The van der Waals surface area contributed by atoms with Crippen LogP contribution in [0.1, 0.15) is 28.9 Å². The van der Waals surface area contributed by atoms with Crippen LogP contribution in [0.4, 0.5) is 5.69 Å². The number of thiophene rings is 1. The Kier molecular flexibility index (Phi) is 4.15. The van der Waals surface area contributed by atoms with Gasteiger partial charge in [0.1, 0.15) is 6.54 Å². The summed E-state index contributed by atoms with van der Waals surface area (Å²) in [6, 6.07) is 5.17. The van der Waals surface area contributed by atoms with Crippen LogP contribution in [0.15, 0.2) is 34.6 Å². The summed E-state index contributed by atoms with van der Waals surface area (Å²) in [5.41, 5.74) is 0.641. The van der Waals surface area contributed by atoms with Crippen LogP contribution in [0, 0.1) is 0 Å². The molecule has 5 nitrogen and oxygen atoms in total. The van der Waals surface area contributed by atoms with E-state index in [0.717, 1.165) is 31.6 Å². The second kappa shape index (κ2) is 6.22. The number of ketones is 1. The molecule has 0 amide bonds. The Morgan fingerprint density at radius 1 is 1.29 bits per heavy atom. The monoisotopic (exact) mass is 303 g/mol. The molecule has 3 heterocycles. The molecule has 0 N–H and O–H groups in total. The van der Waals surface area contributed by atoms with Crippen molar-refractivity contribution in [1.29, 1.82) is 0 Å². The first kappa shape index (κ1) is 14.0. The van der Waals surface area contributed by atoms with Crippen molar-refractivity contribution in [2.24, 2.45) is 0 Å². The van der Waals surface area contributed by atoms with Crippen molar-refractivity contribution in [2.75, 3.05) is 18.0 Å². The highest BCUT2D eigenvalue weighted by atomic mass is 32.1. The number of nitrogens with zero attached hydrogens (tertiary/aromatic N) is 3. The van der Waals surface area contributed by atoms with Crippen LogP contribution < -0.4 is 10.5 Å². The third kappa shape index (κ3) is 3.21. The lowest BCUT2D eigenvalue weighted by molar-refractivity contribution is 0.0969. The first-order valence-corrected chi connectivity index (χ1v) is 8.01. The molecule has 6 heteroatoms. The van der Waals surface area contributed by atoms with E-state index in [0.29, 0.717) is 4.88 Å². The van der Waals surface area contributed by atoms with Crippen LogP contribution in [0.5, 0.6) is 0 Å². The lowest BCUT2D eigenvalue weighted by Gasteiger charge is -2.28. The fourth-order valence-corrected chi connectivity index (χ4v) is 3.18. The van der Waals surface area contributed by atoms with Crippen molar-refractivity contribution in [1.82, 2.24) is 9.78 Å². The van der Waals surface area contributed by atoms with Crippen molar-refractivity contribution < 1.29 is 4.79 Å². The van der Waals surface area contributed by atoms with Crippen molar-refractivity contribution in [3.05, 3.63) is 45.0 Å². The van der Waals surface area contributed by atoms with E-state index in [1.807, 2.05) is 11.4 Å². The molecule has 0 aliphatic carbocycles. The maximum atomic E-state index is 12.1. The van der Waals surface area contributed by atoms with E-state index in [1.165, 1.54) is 22.4 Å². The maximum Gasteiger partial charge on any atom is 0.269 e. The molecular formula is C15H17N3O2S. The summed E-state index contributed by atoms with van der Waals surface area (Å²) in [7, 11) is 0. The molecule has 1 aliphatic rings. The van der Waals surface area contributed by atoms with E-state index >= 15 is 0 Å². The number of piperidine rings is 1. The fraction of sp³-hybridized carbons (Fsp3) is 0.400. The molecule has 0 unspecified atom stereocenters. The van der Waals surface area contributed by atoms with Crippen LogP contribution in [-0.2, 0) is 6.54 Å². The normalized spacial score (nSPS) is 15.1. The van der Waals surface area contributed by atoms with E-state index in [2.05, 4.69) is 10.00 Å². The predicted octanol–water partition coefficient (Wildman–Crippen LogP) is 2.18. The molecule has 1 saturated heterocycles. The second-order valence-corrected chi connectivity index (χ2v) is 6.11. The average molecular weight is 303 g/mol. The van der Waals surface area contributed by atoms with Crippen molar-refractivity contribution in [3.63, 3.8) is 0 Å². The lowest BCUT2D eigenvalue weighted by Crippen LogP contribution is -2.32. The topological polar surface area (TPSA) is 55.2 Å². The highest BCUT2D eigenvalue weighted by molar-refractivity contribution is 7.12. The summed E-state index contributed by atoms with van der Waals surface area (Å²) in [6.45, 7) is 1.94. The average Bonchev–Trinajstić information content (AvgIpc) is 3.04. The van der Waals surface area contributed by atoms with Gasteiger partial charge in [0.2, 0.25) is 0 Å². The zero-order valence-electron chi connectivity index (χ0n) is 11.7. The van der Waals surface area contributed by atoms with Gasteiger partial charge < -0.3 is 4.90 Å². The van der Waals surface area contributed by atoms with Crippen LogP contribution in [0.3, 0.4) is 0 Å². The van der Waals surface area contributed by atoms with Gasteiger partial charge in [0.15, 0.2) is 5.78 Å². The van der Waals surface area contributed by atoms with Gasteiger partial charge in [-0.2, -0.15) is 5.10 Å². The molecule has 2 aromatic rings. The third-order valence-corrected chi connectivity index (χ3v) is 4.58. The summed E-state index contributed by atoms with van der Waals surface area (Å²) >= 11 is 1.38. The number of carbonyl (C=O) groups is 1.